The number of nitrogens with zero attached hydrogens (tertiary/aromatic N) is 1. The summed E-state index contributed by atoms with van der Waals surface area (Å²) >= 11 is 0. The van der Waals surface area contributed by atoms with Gasteiger partial charge in [-0.2, -0.15) is 12.7 Å². The van der Waals surface area contributed by atoms with Gasteiger partial charge in [-0.05, 0) is 31.7 Å². The molecule has 0 amide bonds. The van der Waals surface area contributed by atoms with Crippen LogP contribution in [0.3, 0.4) is 0 Å². The number of hydrogen-bond acceptors (Lipinski definition) is 3. The number of hydrogen-bond donors (Lipinski definition) is 2. The molecular formula is C13H29N3O2S. The molecule has 0 aromatic rings. The van der Waals surface area contributed by atoms with Gasteiger partial charge in [0.25, 0.3) is 10.2 Å². The molecule has 1 rings (SSSR count). The Bertz CT molecular complexity index is 361. The second-order valence-electron chi connectivity index (χ2n) is 6.53. The predicted octanol–water partition coefficient (Wildman–Crippen LogP) is 1.33. The number of rotatable bonds is 6. The van der Waals surface area contributed by atoms with Crippen molar-refractivity contribution in [1.29, 1.82) is 0 Å². The van der Waals surface area contributed by atoms with Gasteiger partial charge in [0.1, 0.15) is 0 Å². The minimum Gasteiger partial charge on any atom is -0.318 e. The molecule has 1 heterocycles. The van der Waals surface area contributed by atoms with Gasteiger partial charge in [-0.15, -0.1) is 0 Å². The minimum absolute atomic E-state index is 0.0888. The van der Waals surface area contributed by atoms with Gasteiger partial charge >= 0.3 is 0 Å². The van der Waals surface area contributed by atoms with Crippen LogP contribution < -0.4 is 10.0 Å². The maximum atomic E-state index is 12.3. The maximum absolute atomic E-state index is 12.3. The van der Waals surface area contributed by atoms with Crippen LogP contribution in [0.15, 0.2) is 0 Å². The van der Waals surface area contributed by atoms with E-state index in [2.05, 4.69) is 30.8 Å². The number of nitrogens with one attached hydrogen (secondary N) is 2. The van der Waals surface area contributed by atoms with Gasteiger partial charge in [0.05, 0.1) is 0 Å². The normalized spacial score (nSPS) is 22.6. The third-order valence-corrected chi connectivity index (χ3v) is 5.15. The van der Waals surface area contributed by atoms with Gasteiger partial charge in [-0.3, -0.25) is 0 Å². The molecule has 0 saturated carbocycles. The average molecular weight is 291 g/mol. The fraction of sp³-hybridized carbons (Fsp3) is 1.00. The van der Waals surface area contributed by atoms with Crippen molar-refractivity contribution in [2.45, 2.75) is 52.5 Å². The molecule has 1 fully saturated rings. The van der Waals surface area contributed by atoms with Gasteiger partial charge in [0.15, 0.2) is 0 Å². The average Bonchev–Trinajstić information content (AvgIpc) is 2.28. The Labute approximate surface area is 118 Å². The van der Waals surface area contributed by atoms with Gasteiger partial charge in [-0.25, -0.2) is 4.72 Å². The van der Waals surface area contributed by atoms with Gasteiger partial charge < -0.3 is 5.32 Å². The zero-order valence-electron chi connectivity index (χ0n) is 12.7. The summed E-state index contributed by atoms with van der Waals surface area (Å²) in [6, 6.07) is 0.0888. The Hall–Kier alpha value is -0.170. The SMILES string of the molecule is CNCC1CCCCN1S(=O)(=O)NCCC(C)(C)C. The van der Waals surface area contributed by atoms with Crippen LogP contribution in [0.4, 0.5) is 0 Å². The van der Waals surface area contributed by atoms with Crippen LogP contribution in [0.5, 0.6) is 0 Å². The topological polar surface area (TPSA) is 61.4 Å². The van der Waals surface area contributed by atoms with E-state index in [-0.39, 0.29) is 11.5 Å². The lowest BCUT2D eigenvalue weighted by atomic mass is 9.93. The fourth-order valence-electron chi connectivity index (χ4n) is 2.37. The van der Waals surface area contributed by atoms with E-state index in [4.69, 9.17) is 0 Å². The van der Waals surface area contributed by atoms with Crippen molar-refractivity contribution in [3.8, 4) is 0 Å². The van der Waals surface area contributed by atoms with E-state index in [1.807, 2.05) is 7.05 Å². The van der Waals surface area contributed by atoms with Crippen molar-refractivity contribution in [3.05, 3.63) is 0 Å². The first-order valence-corrected chi connectivity index (χ1v) is 8.61. The van der Waals surface area contributed by atoms with Gasteiger partial charge in [0, 0.05) is 25.7 Å². The molecule has 0 radical (unpaired) electrons. The molecule has 5 nitrogen and oxygen atoms in total. The molecule has 0 aromatic carbocycles. The quantitative estimate of drug-likeness (QED) is 0.776. The summed E-state index contributed by atoms with van der Waals surface area (Å²) in [5.74, 6) is 0. The van der Waals surface area contributed by atoms with E-state index in [1.165, 1.54) is 0 Å². The van der Waals surface area contributed by atoms with E-state index in [9.17, 15) is 8.42 Å². The molecule has 1 aliphatic rings. The summed E-state index contributed by atoms with van der Waals surface area (Å²) < 4.78 is 29.1. The predicted molar refractivity (Wildman–Crippen MR) is 79.3 cm³/mol. The molecule has 0 aliphatic carbocycles. The first-order chi connectivity index (χ1) is 8.76. The summed E-state index contributed by atoms with van der Waals surface area (Å²) in [7, 11) is -1.47. The smallest absolute Gasteiger partial charge is 0.279 e. The van der Waals surface area contributed by atoms with Crippen molar-refractivity contribution in [3.63, 3.8) is 0 Å². The summed E-state index contributed by atoms with van der Waals surface area (Å²) in [5.41, 5.74) is 0.148. The zero-order valence-corrected chi connectivity index (χ0v) is 13.5. The lowest BCUT2D eigenvalue weighted by molar-refractivity contribution is 0.245. The van der Waals surface area contributed by atoms with Crippen LogP contribution in [0.1, 0.15) is 46.5 Å². The summed E-state index contributed by atoms with van der Waals surface area (Å²) in [6.45, 7) is 8.22. The Morgan fingerprint density at radius 1 is 1.26 bits per heavy atom. The molecular weight excluding hydrogens is 262 g/mol. The zero-order chi connectivity index (χ0) is 14.5. The third kappa shape index (κ3) is 5.77. The molecule has 2 N–H and O–H groups in total. The van der Waals surface area contributed by atoms with Crippen molar-refractivity contribution >= 4 is 10.2 Å². The van der Waals surface area contributed by atoms with Crippen LogP contribution in [0.25, 0.3) is 0 Å². The van der Waals surface area contributed by atoms with E-state index in [1.54, 1.807) is 4.31 Å². The summed E-state index contributed by atoms with van der Waals surface area (Å²) in [4.78, 5) is 0. The van der Waals surface area contributed by atoms with Crippen molar-refractivity contribution < 1.29 is 8.42 Å². The van der Waals surface area contributed by atoms with E-state index in [0.29, 0.717) is 13.1 Å². The monoisotopic (exact) mass is 291 g/mol. The second-order valence-corrected chi connectivity index (χ2v) is 8.24. The molecule has 1 atom stereocenters. The van der Waals surface area contributed by atoms with E-state index in [0.717, 1.165) is 32.2 Å². The van der Waals surface area contributed by atoms with Crippen LogP contribution >= 0.6 is 0 Å². The largest absolute Gasteiger partial charge is 0.318 e. The molecule has 1 unspecified atom stereocenters. The molecule has 114 valence electrons. The fourth-order valence-corrected chi connectivity index (χ4v) is 3.84. The van der Waals surface area contributed by atoms with Crippen LogP contribution in [-0.4, -0.2) is 45.4 Å². The first kappa shape index (κ1) is 16.9. The highest BCUT2D eigenvalue weighted by molar-refractivity contribution is 7.87. The van der Waals surface area contributed by atoms with Gasteiger partial charge in [0.2, 0.25) is 0 Å². The summed E-state index contributed by atoms with van der Waals surface area (Å²) in [6.07, 6.45) is 3.86. The maximum Gasteiger partial charge on any atom is 0.279 e. The van der Waals surface area contributed by atoms with Crippen molar-refractivity contribution in [2.24, 2.45) is 5.41 Å². The van der Waals surface area contributed by atoms with Crippen LogP contribution in [-0.2, 0) is 10.2 Å². The molecule has 6 heteroatoms. The molecule has 1 saturated heterocycles. The van der Waals surface area contributed by atoms with Gasteiger partial charge in [-0.1, -0.05) is 27.2 Å². The Kier molecular flexibility index (Phi) is 6.23. The third-order valence-electron chi connectivity index (χ3n) is 3.48. The number of likely N-dealkylation sites (N-methyl/N-ethyl adjacent to an activating group) is 1. The molecule has 0 aromatic heterocycles. The second kappa shape index (κ2) is 7.02. The molecule has 0 spiro atoms. The Morgan fingerprint density at radius 3 is 2.53 bits per heavy atom. The number of piperidine rings is 1. The minimum atomic E-state index is -3.33. The Balaban J connectivity index is 2.58. The molecule has 19 heavy (non-hydrogen) atoms. The van der Waals surface area contributed by atoms with E-state index < -0.39 is 10.2 Å². The Morgan fingerprint density at radius 2 is 1.95 bits per heavy atom. The summed E-state index contributed by atoms with van der Waals surface area (Å²) in [5, 5.41) is 3.09. The lowest BCUT2D eigenvalue weighted by Gasteiger charge is -2.34. The highest BCUT2D eigenvalue weighted by atomic mass is 32.2. The molecule has 1 aliphatic heterocycles. The standard InChI is InChI=1S/C13H29N3O2S/c1-13(2,3)8-9-15-19(17,18)16-10-6-5-7-12(16)11-14-4/h12,14-15H,5-11H2,1-4H3. The highest BCUT2D eigenvalue weighted by Gasteiger charge is 2.31. The molecule has 0 bridgehead atoms. The first-order valence-electron chi connectivity index (χ1n) is 7.17. The lowest BCUT2D eigenvalue weighted by Crippen LogP contribution is -2.52. The highest BCUT2D eigenvalue weighted by Crippen LogP contribution is 2.20. The van der Waals surface area contributed by atoms with Crippen LogP contribution in [0, 0.1) is 5.41 Å². The van der Waals surface area contributed by atoms with Crippen molar-refractivity contribution in [2.75, 3.05) is 26.7 Å². The van der Waals surface area contributed by atoms with E-state index >= 15 is 0 Å². The van der Waals surface area contributed by atoms with Crippen molar-refractivity contribution in [1.82, 2.24) is 14.3 Å². The van der Waals surface area contributed by atoms with Crippen LogP contribution in [0.2, 0.25) is 0 Å².